The van der Waals surface area contributed by atoms with Crippen molar-refractivity contribution in [1.82, 2.24) is 0 Å². The van der Waals surface area contributed by atoms with Gasteiger partial charge in [0.2, 0.25) is 0 Å². The molecule has 1 aromatic heterocycles. The summed E-state index contributed by atoms with van der Waals surface area (Å²) in [4.78, 5) is 11.3. The molecule has 82 valence electrons. The molecule has 0 bridgehead atoms. The third-order valence-corrected chi connectivity index (χ3v) is 2.74. The first-order valence-electron chi connectivity index (χ1n) is 4.65. The van der Waals surface area contributed by atoms with Crippen molar-refractivity contribution in [3.05, 3.63) is 51.3 Å². The van der Waals surface area contributed by atoms with Crippen molar-refractivity contribution in [2.45, 2.75) is 0 Å². The summed E-state index contributed by atoms with van der Waals surface area (Å²) in [6, 6.07) is 10.7. The van der Waals surface area contributed by atoms with Gasteiger partial charge in [0.15, 0.2) is 0 Å². The Morgan fingerprint density at radius 2 is 1.81 bits per heavy atom. The Labute approximate surface area is 101 Å². The Hall–Kier alpha value is -1.55. The monoisotopic (exact) mass is 280 g/mol. The summed E-state index contributed by atoms with van der Waals surface area (Å²) in [6.07, 6.45) is 0. The van der Waals surface area contributed by atoms with Gasteiger partial charge in [-0.25, -0.2) is 4.79 Å². The fourth-order valence-corrected chi connectivity index (χ4v) is 1.52. The second kappa shape index (κ2) is 4.53. The molecule has 0 aliphatic heterocycles. The van der Waals surface area contributed by atoms with E-state index in [2.05, 4.69) is 15.9 Å². The molecule has 16 heavy (non-hydrogen) atoms. The summed E-state index contributed by atoms with van der Waals surface area (Å²) < 4.78 is 10.6. The van der Waals surface area contributed by atoms with Crippen molar-refractivity contribution < 1.29 is 9.15 Å². The van der Waals surface area contributed by atoms with Gasteiger partial charge in [0, 0.05) is 5.56 Å². The van der Waals surface area contributed by atoms with E-state index in [9.17, 15) is 4.79 Å². The fourth-order valence-electron chi connectivity index (χ4n) is 1.31. The summed E-state index contributed by atoms with van der Waals surface area (Å²) in [5.74, 6) is 1.30. The maximum atomic E-state index is 11.3. The molecule has 0 N–H and O–H groups in total. The van der Waals surface area contributed by atoms with Crippen molar-refractivity contribution in [3.8, 4) is 17.1 Å². The number of rotatable bonds is 2. The summed E-state index contributed by atoms with van der Waals surface area (Å²) in [6.45, 7) is 0. The van der Waals surface area contributed by atoms with Crippen molar-refractivity contribution in [1.29, 1.82) is 0 Å². The van der Waals surface area contributed by atoms with Crippen LogP contribution in [-0.4, -0.2) is 7.11 Å². The van der Waals surface area contributed by atoms with Gasteiger partial charge in [0.1, 0.15) is 16.0 Å². The van der Waals surface area contributed by atoms with Gasteiger partial charge in [-0.05, 0) is 52.3 Å². The highest BCUT2D eigenvalue weighted by atomic mass is 79.9. The number of ether oxygens (including phenoxy) is 1. The van der Waals surface area contributed by atoms with Crippen LogP contribution in [0, 0.1) is 0 Å². The van der Waals surface area contributed by atoms with Crippen LogP contribution < -0.4 is 10.4 Å². The van der Waals surface area contributed by atoms with E-state index in [0.717, 1.165) is 11.3 Å². The predicted molar refractivity (Wildman–Crippen MR) is 64.7 cm³/mol. The molecule has 0 aliphatic rings. The number of hydrogen-bond acceptors (Lipinski definition) is 3. The Kier molecular flexibility index (Phi) is 3.10. The standard InChI is InChI=1S/C12H9BrO3/c1-15-9-4-2-8(3-5-9)11-7-6-10(13)12(14)16-11/h2-7H,1H3. The van der Waals surface area contributed by atoms with Gasteiger partial charge in [0.25, 0.3) is 0 Å². The molecule has 0 radical (unpaired) electrons. The zero-order valence-electron chi connectivity index (χ0n) is 8.57. The average Bonchev–Trinajstić information content (AvgIpc) is 2.33. The highest BCUT2D eigenvalue weighted by Gasteiger charge is 2.03. The van der Waals surface area contributed by atoms with E-state index in [1.807, 2.05) is 24.3 Å². The van der Waals surface area contributed by atoms with E-state index >= 15 is 0 Å². The molecule has 3 nitrogen and oxygen atoms in total. The molecule has 0 saturated heterocycles. The first kappa shape index (κ1) is 11.0. The van der Waals surface area contributed by atoms with Crippen LogP contribution in [0.2, 0.25) is 0 Å². The van der Waals surface area contributed by atoms with Gasteiger partial charge in [-0.2, -0.15) is 0 Å². The fraction of sp³-hybridized carbons (Fsp3) is 0.0833. The van der Waals surface area contributed by atoms with E-state index in [0.29, 0.717) is 10.2 Å². The molecule has 0 atom stereocenters. The first-order chi connectivity index (χ1) is 7.70. The van der Waals surface area contributed by atoms with Crippen LogP contribution in [0.5, 0.6) is 5.75 Å². The predicted octanol–water partition coefficient (Wildman–Crippen LogP) is 3.08. The van der Waals surface area contributed by atoms with Crippen molar-refractivity contribution >= 4 is 15.9 Å². The van der Waals surface area contributed by atoms with Gasteiger partial charge in [-0.1, -0.05) is 0 Å². The van der Waals surface area contributed by atoms with E-state index in [-0.39, 0.29) is 5.63 Å². The zero-order chi connectivity index (χ0) is 11.5. The summed E-state index contributed by atoms with van der Waals surface area (Å²) >= 11 is 3.10. The SMILES string of the molecule is COc1ccc(-c2ccc(Br)c(=O)o2)cc1. The van der Waals surface area contributed by atoms with Crippen LogP contribution in [-0.2, 0) is 0 Å². The first-order valence-corrected chi connectivity index (χ1v) is 5.44. The topological polar surface area (TPSA) is 39.4 Å². The van der Waals surface area contributed by atoms with Crippen molar-refractivity contribution in [2.24, 2.45) is 0 Å². The lowest BCUT2D eigenvalue weighted by Gasteiger charge is -2.02. The van der Waals surface area contributed by atoms with E-state index < -0.39 is 0 Å². The summed E-state index contributed by atoms with van der Waals surface area (Å²) in [7, 11) is 1.61. The molecule has 0 unspecified atom stereocenters. The third-order valence-electron chi connectivity index (χ3n) is 2.15. The highest BCUT2D eigenvalue weighted by Crippen LogP contribution is 2.21. The molecule has 2 rings (SSSR count). The second-order valence-corrected chi connectivity index (χ2v) is 4.02. The highest BCUT2D eigenvalue weighted by molar-refractivity contribution is 9.10. The number of halogens is 1. The van der Waals surface area contributed by atoms with Crippen molar-refractivity contribution in [2.75, 3.05) is 7.11 Å². The lowest BCUT2D eigenvalue weighted by Crippen LogP contribution is -1.99. The Bertz CT molecular complexity index is 543. The third kappa shape index (κ3) is 2.17. The quantitative estimate of drug-likeness (QED) is 0.849. The summed E-state index contributed by atoms with van der Waals surface area (Å²) in [5, 5.41) is 0. The molecule has 2 aromatic rings. The normalized spacial score (nSPS) is 10.1. The zero-order valence-corrected chi connectivity index (χ0v) is 10.2. The molecule has 0 saturated carbocycles. The smallest absolute Gasteiger partial charge is 0.350 e. The lowest BCUT2D eigenvalue weighted by molar-refractivity contribution is 0.415. The maximum absolute atomic E-state index is 11.3. The molecular weight excluding hydrogens is 272 g/mol. The van der Waals surface area contributed by atoms with Crippen LogP contribution in [0.3, 0.4) is 0 Å². The Morgan fingerprint density at radius 3 is 2.38 bits per heavy atom. The van der Waals surface area contributed by atoms with Gasteiger partial charge < -0.3 is 9.15 Å². The minimum absolute atomic E-state index is 0.381. The van der Waals surface area contributed by atoms with Gasteiger partial charge in [-0.3, -0.25) is 0 Å². The van der Waals surface area contributed by atoms with Crippen LogP contribution in [0.1, 0.15) is 0 Å². The van der Waals surface area contributed by atoms with Crippen LogP contribution in [0.4, 0.5) is 0 Å². The molecule has 1 heterocycles. The van der Waals surface area contributed by atoms with Crippen LogP contribution in [0.25, 0.3) is 11.3 Å². The number of hydrogen-bond donors (Lipinski definition) is 0. The van der Waals surface area contributed by atoms with Gasteiger partial charge in [-0.15, -0.1) is 0 Å². The lowest BCUT2D eigenvalue weighted by atomic mass is 10.1. The largest absolute Gasteiger partial charge is 0.497 e. The molecule has 1 aromatic carbocycles. The number of methoxy groups -OCH3 is 1. The van der Waals surface area contributed by atoms with Gasteiger partial charge >= 0.3 is 5.63 Å². The van der Waals surface area contributed by atoms with E-state index in [1.54, 1.807) is 19.2 Å². The molecule has 0 amide bonds. The molecular formula is C12H9BrO3. The van der Waals surface area contributed by atoms with Gasteiger partial charge in [0.05, 0.1) is 7.11 Å². The maximum Gasteiger partial charge on any atom is 0.350 e. The van der Waals surface area contributed by atoms with Crippen molar-refractivity contribution in [3.63, 3.8) is 0 Å². The molecule has 4 heteroatoms. The Balaban J connectivity index is 2.42. The Morgan fingerprint density at radius 1 is 1.12 bits per heavy atom. The average molecular weight is 281 g/mol. The van der Waals surface area contributed by atoms with Crippen LogP contribution in [0.15, 0.2) is 50.1 Å². The molecule has 0 fully saturated rings. The van der Waals surface area contributed by atoms with E-state index in [4.69, 9.17) is 9.15 Å². The second-order valence-electron chi connectivity index (χ2n) is 3.16. The number of benzene rings is 1. The summed E-state index contributed by atoms with van der Waals surface area (Å²) in [5.41, 5.74) is 0.457. The molecule has 0 aliphatic carbocycles. The molecule has 0 spiro atoms. The minimum atomic E-state index is -0.381. The van der Waals surface area contributed by atoms with Crippen LogP contribution >= 0.6 is 15.9 Å². The van der Waals surface area contributed by atoms with E-state index in [1.165, 1.54) is 0 Å². The minimum Gasteiger partial charge on any atom is -0.497 e.